The highest BCUT2D eigenvalue weighted by Crippen LogP contribution is 2.29. The molecule has 2 fully saturated rings. The molecule has 1 aliphatic carbocycles. The van der Waals surface area contributed by atoms with Crippen molar-refractivity contribution in [2.45, 2.75) is 222 Å². The Hall–Kier alpha value is -11.5. The van der Waals surface area contributed by atoms with Crippen molar-refractivity contribution in [1.29, 1.82) is 0 Å². The Balaban J connectivity index is 0.00000204. The zero-order chi connectivity index (χ0) is 91.6. The van der Waals surface area contributed by atoms with Gasteiger partial charge in [-0.3, -0.25) is 57.7 Å². The van der Waals surface area contributed by atoms with Crippen molar-refractivity contribution in [3.8, 4) is 0 Å². The molecular formula is C72H103F9N16O23. The first-order valence-electron chi connectivity index (χ1n) is 37.1. The number of carbonyl (C=O) groups is 15. The second-order valence-corrected chi connectivity index (χ2v) is 28.5. The molecule has 1 aromatic heterocycles. The van der Waals surface area contributed by atoms with Crippen LogP contribution in [0.3, 0.4) is 0 Å². The summed E-state index contributed by atoms with van der Waals surface area (Å²) in [5.74, 6) is -25.1. The summed E-state index contributed by atoms with van der Waals surface area (Å²) < 4.78 is 101. The van der Waals surface area contributed by atoms with E-state index in [2.05, 4.69) is 57.8 Å². The molecule has 5 rings (SSSR count). The lowest BCUT2D eigenvalue weighted by Gasteiger charge is -2.33. The molecule has 2 aliphatic rings. The molecule has 0 unspecified atom stereocenters. The second-order valence-electron chi connectivity index (χ2n) is 28.5. The Bertz CT molecular complexity index is 3940. The number of carboxylic acids is 3. The Labute approximate surface area is 679 Å². The van der Waals surface area contributed by atoms with Crippen molar-refractivity contribution in [2.75, 3.05) is 19.7 Å². The molecule has 39 nitrogen and oxygen atoms in total. The van der Waals surface area contributed by atoms with E-state index >= 15 is 14.4 Å². The van der Waals surface area contributed by atoms with Gasteiger partial charge in [-0.15, -0.1) is 0 Å². The largest absolute Gasteiger partial charge is 0.490 e. The molecule has 3 aromatic rings. The van der Waals surface area contributed by atoms with Crippen LogP contribution >= 0.6 is 0 Å². The number of aliphatic carboxylic acids is 3. The van der Waals surface area contributed by atoms with Gasteiger partial charge < -0.3 is 122 Å². The third-order valence-corrected chi connectivity index (χ3v) is 18.2. The van der Waals surface area contributed by atoms with Crippen LogP contribution in [-0.2, 0) is 83.1 Å². The van der Waals surface area contributed by atoms with Crippen molar-refractivity contribution in [3.05, 3.63) is 71.9 Å². The molecule has 120 heavy (non-hydrogen) atoms. The summed E-state index contributed by atoms with van der Waals surface area (Å²) in [6.07, 6.45) is -17.3. The third-order valence-electron chi connectivity index (χ3n) is 18.2. The van der Waals surface area contributed by atoms with Crippen LogP contribution in [0.2, 0.25) is 0 Å². The summed E-state index contributed by atoms with van der Waals surface area (Å²) in [5.41, 5.74) is 24.2. The van der Waals surface area contributed by atoms with E-state index in [1.165, 1.54) is 44.2 Å². The van der Waals surface area contributed by atoms with E-state index in [9.17, 15) is 103 Å². The van der Waals surface area contributed by atoms with Crippen LogP contribution < -0.4 is 76.1 Å². The molecular weight excluding hydrogens is 1630 g/mol. The van der Waals surface area contributed by atoms with Gasteiger partial charge in [0.05, 0.1) is 31.4 Å². The van der Waals surface area contributed by atoms with Gasteiger partial charge in [0.25, 0.3) is 0 Å². The van der Waals surface area contributed by atoms with Crippen LogP contribution in [0.4, 0.5) is 39.5 Å². The van der Waals surface area contributed by atoms with Gasteiger partial charge in [0.2, 0.25) is 65.0 Å². The second kappa shape index (κ2) is 49.1. The molecule has 11 amide bonds. The summed E-state index contributed by atoms with van der Waals surface area (Å²) in [6, 6.07) is -3.94. The fourth-order valence-electron chi connectivity index (χ4n) is 11.6. The zero-order valence-corrected chi connectivity index (χ0v) is 65.9. The number of cyclic esters (lactones) is 1. The summed E-state index contributed by atoms with van der Waals surface area (Å²) in [7, 11) is 0. The van der Waals surface area contributed by atoms with Gasteiger partial charge in [0.1, 0.15) is 48.3 Å². The maximum absolute atomic E-state index is 15.7. The van der Waals surface area contributed by atoms with Crippen LogP contribution in [0.5, 0.6) is 0 Å². The van der Waals surface area contributed by atoms with E-state index in [-0.39, 0.29) is 62.5 Å². The number of nitrogens with zero attached hydrogens (tertiary/aromatic N) is 1. The number of aromatic amines is 1. The molecule has 15 atom stereocenters. The predicted octanol–water partition coefficient (Wildman–Crippen LogP) is -1.93. The number of aliphatic hydroxyl groups is 4. The number of aliphatic hydroxyl groups excluding tert-OH is 4. The highest BCUT2D eigenvalue weighted by Gasteiger charge is 2.45. The molecule has 0 spiro atoms. The number of fused-ring (bicyclic) bond motifs is 1. The Morgan fingerprint density at radius 1 is 0.600 bits per heavy atom. The Morgan fingerprint density at radius 2 is 1.10 bits per heavy atom. The van der Waals surface area contributed by atoms with Crippen molar-refractivity contribution < 1.29 is 152 Å². The van der Waals surface area contributed by atoms with Gasteiger partial charge in [-0.05, 0) is 73.5 Å². The standard InChI is InChI=1S/C66H100N16O17.3C2HF3O2/c1-8-34(6)47-61(94)80-48(35(7)84)60(93)73-30-46(85)78-50(53(87)55(68)88)63(96)77-45(31-83)65(98)99-54(37-20-13-10-14-21-37)51(82-59(92)44(28-38-29-72-41-23-16-15-22-39(38)41)75-56(89)40(67)27-36-18-11-9-12-19-36)64(97)81-49(52(86)33(4)5)62(95)76-43(26-32(2)3)58(91)74-42(57(90)79-47)24-17-25-71-66(69)70;3*3-2(4,5)1(6)7/h10,13-16,20-23,29,32-36,40,42-45,47-54,72,83-84,86-87H,8-9,11-12,17-19,24-28,30-31,67H2,1-7H3,(H2,68,88)(H,73,93)(H,74,91)(H,75,89)(H,76,95)(H,77,96)(H,78,85)(H,79,90)(H,80,94)(H,81,97)(H,82,92)(H4,69,70,71);3*(H,6,7)/t34-,35-,40-,42+,43-,44-,45-,47-,48-,49-,50-,51-,52+,53-,54+;;;/m0.../s1. The van der Waals surface area contributed by atoms with Gasteiger partial charge in [-0.1, -0.05) is 129 Å². The molecule has 2 heterocycles. The zero-order valence-electron chi connectivity index (χ0n) is 65.9. The number of esters is 1. The highest BCUT2D eigenvalue weighted by atomic mass is 19.4. The summed E-state index contributed by atoms with van der Waals surface area (Å²) in [5, 5.41) is 91.0. The number of nitrogens with two attached hydrogens (primary N) is 4. The van der Waals surface area contributed by atoms with Crippen LogP contribution in [0.15, 0.2) is 65.8 Å². The number of aromatic nitrogens is 1. The number of carboxylic acid groups (broad SMARTS) is 3. The van der Waals surface area contributed by atoms with Gasteiger partial charge >= 0.3 is 42.4 Å². The molecule has 1 aliphatic heterocycles. The summed E-state index contributed by atoms with van der Waals surface area (Å²) >= 11 is 0. The lowest BCUT2D eigenvalue weighted by atomic mass is 9.85. The fourth-order valence-corrected chi connectivity index (χ4v) is 11.6. The Kier molecular flexibility index (Phi) is 42.8. The molecule has 2 aromatic carbocycles. The van der Waals surface area contributed by atoms with Crippen LogP contribution in [0, 0.1) is 23.7 Å². The molecule has 26 N–H and O–H groups in total. The average Bonchev–Trinajstić information content (AvgIpc) is 1.57. The van der Waals surface area contributed by atoms with Gasteiger partial charge in [-0.2, -0.15) is 39.5 Å². The van der Waals surface area contributed by atoms with Crippen molar-refractivity contribution in [1.82, 2.24) is 58.2 Å². The monoisotopic (exact) mass is 1730 g/mol. The minimum atomic E-state index is -5.08. The number of nitrogens with one attached hydrogen (secondary N) is 11. The first kappa shape index (κ1) is 105. The molecule has 1 saturated heterocycles. The molecule has 672 valence electrons. The molecule has 0 radical (unpaired) electrons. The minimum absolute atomic E-state index is 0.0405. The lowest BCUT2D eigenvalue weighted by molar-refractivity contribution is -0.193. The number of hydrogen-bond acceptors (Lipinski definition) is 22. The number of ether oxygens (including phenoxy) is 1. The molecule has 1 saturated carbocycles. The summed E-state index contributed by atoms with van der Waals surface area (Å²) in [6.45, 7) is 8.27. The smallest absolute Gasteiger partial charge is 0.475 e. The van der Waals surface area contributed by atoms with Crippen LogP contribution in [0.1, 0.15) is 130 Å². The first-order chi connectivity index (χ1) is 55.7. The Morgan fingerprint density at radius 3 is 1.61 bits per heavy atom. The van der Waals surface area contributed by atoms with Gasteiger partial charge in [0, 0.05) is 30.1 Å². The van der Waals surface area contributed by atoms with E-state index in [0.29, 0.717) is 16.5 Å². The number of halogens is 9. The van der Waals surface area contributed by atoms with Crippen molar-refractivity contribution in [2.24, 2.45) is 51.6 Å². The third kappa shape index (κ3) is 35.6. The number of alkyl halides is 9. The number of carbonyl (C=O) groups excluding carboxylic acids is 12. The SMILES string of the molecule is CC[C@H](C)[C@@H]1NC(=O)[C@@H](CCCN=C(N)N)NC(=O)[C@H](CC(C)C)NC(=O)[C@H]([C@H](O)C(C)C)NC(=O)[C@@H](NC(=O)[C@H](Cc2c[nH]c3ccccc23)NC(=O)[C@@H](N)CC2CCCCC2)[C@@H](c2ccccc2)OC(=O)[C@H](CO)NC(=O)[C@H]([C@H](O)C(N)=O)NC(=O)CNC(=O)[C@H]([C@H](C)O)NC1=O.O=C(O)C(F)(F)F.O=C(O)C(F)(F)F.O=C(O)C(F)(F)F. The number of guanidine groups is 1. The number of aliphatic imine (C=N–C) groups is 1. The van der Waals surface area contributed by atoms with E-state index < -0.39 is 223 Å². The number of H-pyrrole nitrogens is 1. The van der Waals surface area contributed by atoms with E-state index in [1.807, 2.05) is 5.32 Å². The number of para-hydroxylation sites is 1. The number of amides is 11. The fraction of sp³-hybridized carbons (Fsp3) is 0.583. The molecule has 48 heteroatoms. The normalized spacial score (nSPS) is 22.3. The van der Waals surface area contributed by atoms with Crippen LogP contribution in [0.25, 0.3) is 10.9 Å². The van der Waals surface area contributed by atoms with E-state index in [0.717, 1.165) is 39.0 Å². The highest BCUT2D eigenvalue weighted by molar-refractivity contribution is 6.01. The van der Waals surface area contributed by atoms with E-state index in [4.69, 9.17) is 57.4 Å². The summed E-state index contributed by atoms with van der Waals surface area (Å²) in [4.78, 5) is 207. The number of hydrogen-bond donors (Lipinski definition) is 22. The molecule has 0 bridgehead atoms. The van der Waals surface area contributed by atoms with Gasteiger partial charge in [-0.25, -0.2) is 19.2 Å². The average molecular weight is 1730 g/mol. The first-order valence-corrected chi connectivity index (χ1v) is 37.1. The number of primary amides is 1. The maximum Gasteiger partial charge on any atom is 0.490 e. The number of rotatable bonds is 23. The van der Waals surface area contributed by atoms with E-state index in [1.54, 1.807) is 58.2 Å². The minimum Gasteiger partial charge on any atom is -0.475 e. The predicted molar refractivity (Wildman–Crippen MR) is 402 cm³/mol. The lowest BCUT2D eigenvalue weighted by Crippen LogP contribution is -2.64. The maximum atomic E-state index is 15.7. The van der Waals surface area contributed by atoms with Crippen molar-refractivity contribution in [3.63, 3.8) is 0 Å². The quantitative estimate of drug-likeness (QED) is 0.0162. The topological polar surface area (TPSA) is 659 Å². The number of benzene rings is 2. The van der Waals surface area contributed by atoms with Crippen molar-refractivity contribution >= 4 is 106 Å². The van der Waals surface area contributed by atoms with Gasteiger partial charge in [0.15, 0.2) is 24.2 Å². The van der Waals surface area contributed by atoms with Crippen LogP contribution in [-0.4, -0.2) is 253 Å².